The fourth-order valence-corrected chi connectivity index (χ4v) is 4.12. The van der Waals surface area contributed by atoms with Gasteiger partial charge in [0.05, 0.1) is 0 Å². The number of hydrogen-bond donors (Lipinski definition) is 1. The maximum atomic E-state index is 3.62. The van der Waals surface area contributed by atoms with Crippen LogP contribution in [0.25, 0.3) is 11.1 Å². The average molecular weight is 277 g/mol. The van der Waals surface area contributed by atoms with E-state index in [1.165, 1.54) is 48.8 Å². The summed E-state index contributed by atoms with van der Waals surface area (Å²) in [4.78, 5) is 0. The van der Waals surface area contributed by atoms with Crippen molar-refractivity contribution in [3.05, 3.63) is 58.7 Å². The van der Waals surface area contributed by atoms with Crippen molar-refractivity contribution >= 4 is 0 Å². The van der Waals surface area contributed by atoms with Crippen molar-refractivity contribution in [2.75, 3.05) is 6.54 Å². The molecule has 0 aliphatic heterocycles. The van der Waals surface area contributed by atoms with Crippen LogP contribution in [0.5, 0.6) is 0 Å². The highest BCUT2D eigenvalue weighted by molar-refractivity contribution is 5.71. The third kappa shape index (κ3) is 2.20. The molecule has 0 saturated carbocycles. The predicted molar refractivity (Wildman–Crippen MR) is 88.6 cm³/mol. The summed E-state index contributed by atoms with van der Waals surface area (Å²) in [6, 6.07) is 14.5. The number of rotatable bonds is 3. The van der Waals surface area contributed by atoms with E-state index in [2.05, 4.69) is 48.6 Å². The van der Waals surface area contributed by atoms with Crippen molar-refractivity contribution in [3.8, 4) is 11.1 Å². The molecule has 4 rings (SSSR count). The van der Waals surface area contributed by atoms with Crippen molar-refractivity contribution in [1.82, 2.24) is 5.32 Å². The summed E-state index contributed by atoms with van der Waals surface area (Å²) in [6.07, 6.45) is 6.31. The van der Waals surface area contributed by atoms with Gasteiger partial charge in [0, 0.05) is 6.04 Å². The molecule has 1 atom stereocenters. The molecule has 2 aliphatic rings. The van der Waals surface area contributed by atoms with E-state index in [1.807, 2.05) is 0 Å². The molecule has 0 radical (unpaired) electrons. The number of fused-ring (bicyclic) bond motifs is 2. The van der Waals surface area contributed by atoms with Gasteiger partial charge in [0.25, 0.3) is 0 Å². The highest BCUT2D eigenvalue weighted by Crippen LogP contribution is 2.38. The van der Waals surface area contributed by atoms with Crippen LogP contribution in [0, 0.1) is 0 Å². The second-order valence-electron chi connectivity index (χ2n) is 6.36. The summed E-state index contributed by atoms with van der Waals surface area (Å²) in [5.41, 5.74) is 9.12. The molecule has 2 aromatic rings. The molecular formula is C20H23N. The van der Waals surface area contributed by atoms with E-state index in [4.69, 9.17) is 0 Å². The molecule has 0 saturated heterocycles. The molecule has 0 spiro atoms. The van der Waals surface area contributed by atoms with Gasteiger partial charge in [0.2, 0.25) is 0 Å². The fourth-order valence-electron chi connectivity index (χ4n) is 4.12. The Morgan fingerprint density at radius 1 is 1.05 bits per heavy atom. The van der Waals surface area contributed by atoms with Crippen LogP contribution >= 0.6 is 0 Å². The molecule has 0 heterocycles. The maximum Gasteiger partial charge on any atom is 0.0326 e. The van der Waals surface area contributed by atoms with Gasteiger partial charge in [-0.25, -0.2) is 0 Å². The zero-order valence-corrected chi connectivity index (χ0v) is 12.8. The van der Waals surface area contributed by atoms with Gasteiger partial charge in [-0.2, -0.15) is 0 Å². The summed E-state index contributed by atoms with van der Waals surface area (Å²) in [6.45, 7) is 3.25. The third-order valence-corrected chi connectivity index (χ3v) is 5.13. The van der Waals surface area contributed by atoms with E-state index in [1.54, 1.807) is 16.7 Å². The van der Waals surface area contributed by atoms with Crippen LogP contribution in [0.15, 0.2) is 36.4 Å². The summed E-state index contributed by atoms with van der Waals surface area (Å²) in [7, 11) is 0. The summed E-state index contributed by atoms with van der Waals surface area (Å²) in [5, 5.41) is 3.62. The third-order valence-electron chi connectivity index (χ3n) is 5.13. The van der Waals surface area contributed by atoms with Gasteiger partial charge in [-0.15, -0.1) is 0 Å². The van der Waals surface area contributed by atoms with Crippen LogP contribution < -0.4 is 5.32 Å². The maximum absolute atomic E-state index is 3.62. The van der Waals surface area contributed by atoms with E-state index in [9.17, 15) is 0 Å². The van der Waals surface area contributed by atoms with Gasteiger partial charge in [0.15, 0.2) is 0 Å². The Morgan fingerprint density at radius 2 is 1.95 bits per heavy atom. The van der Waals surface area contributed by atoms with E-state index in [0.29, 0.717) is 6.04 Å². The Labute approximate surface area is 127 Å². The first kappa shape index (κ1) is 13.1. The summed E-state index contributed by atoms with van der Waals surface area (Å²) < 4.78 is 0. The van der Waals surface area contributed by atoms with Crippen LogP contribution in [0.2, 0.25) is 0 Å². The normalized spacial score (nSPS) is 19.6. The molecular weight excluding hydrogens is 254 g/mol. The minimum absolute atomic E-state index is 0.555. The molecule has 1 N–H and O–H groups in total. The minimum atomic E-state index is 0.555. The Bertz CT molecular complexity index is 672. The van der Waals surface area contributed by atoms with E-state index >= 15 is 0 Å². The Morgan fingerprint density at radius 3 is 2.86 bits per heavy atom. The number of nitrogens with one attached hydrogen (secondary N) is 1. The van der Waals surface area contributed by atoms with Gasteiger partial charge >= 0.3 is 0 Å². The average Bonchev–Trinajstić information content (AvgIpc) is 3.13. The lowest BCUT2D eigenvalue weighted by Crippen LogP contribution is -2.18. The topological polar surface area (TPSA) is 12.0 Å². The van der Waals surface area contributed by atoms with Crippen LogP contribution in [0.1, 0.15) is 48.1 Å². The smallest absolute Gasteiger partial charge is 0.0326 e. The first-order chi connectivity index (χ1) is 10.4. The van der Waals surface area contributed by atoms with E-state index < -0.39 is 0 Å². The molecule has 0 amide bonds. The molecule has 1 unspecified atom stereocenters. The SMILES string of the molecule is CCNC1CCc2c(-c3ccc4c(c3)CCC4)cccc21. The van der Waals surface area contributed by atoms with Gasteiger partial charge in [-0.3, -0.25) is 0 Å². The van der Waals surface area contributed by atoms with Gasteiger partial charge in [0.1, 0.15) is 0 Å². The fraction of sp³-hybridized carbons (Fsp3) is 0.400. The predicted octanol–water partition coefficient (Wildman–Crippen LogP) is 4.44. The van der Waals surface area contributed by atoms with Gasteiger partial charge < -0.3 is 5.32 Å². The van der Waals surface area contributed by atoms with Gasteiger partial charge in [-0.1, -0.05) is 43.3 Å². The van der Waals surface area contributed by atoms with Crippen LogP contribution in [0.3, 0.4) is 0 Å². The first-order valence-corrected chi connectivity index (χ1v) is 8.34. The number of benzene rings is 2. The van der Waals surface area contributed by atoms with Crippen molar-refractivity contribution in [2.24, 2.45) is 0 Å². The van der Waals surface area contributed by atoms with Gasteiger partial charge in [-0.05, 0) is 72.0 Å². The Hall–Kier alpha value is -1.60. The summed E-state index contributed by atoms with van der Waals surface area (Å²) in [5.74, 6) is 0. The van der Waals surface area contributed by atoms with E-state index in [-0.39, 0.29) is 0 Å². The molecule has 0 fully saturated rings. The standard InChI is InChI=1S/C20H23N/c1-2-21-20-12-11-18-17(7-4-8-19(18)20)16-10-9-14-5-3-6-15(14)13-16/h4,7-10,13,20-21H,2-3,5-6,11-12H2,1H3. The van der Waals surface area contributed by atoms with Crippen LogP contribution in [0.4, 0.5) is 0 Å². The van der Waals surface area contributed by atoms with Crippen molar-refractivity contribution in [1.29, 1.82) is 0 Å². The van der Waals surface area contributed by atoms with Crippen molar-refractivity contribution in [2.45, 2.75) is 45.1 Å². The molecule has 2 aliphatic carbocycles. The number of hydrogen-bond acceptors (Lipinski definition) is 1. The monoisotopic (exact) mass is 277 g/mol. The molecule has 108 valence electrons. The minimum Gasteiger partial charge on any atom is -0.310 e. The molecule has 21 heavy (non-hydrogen) atoms. The lowest BCUT2D eigenvalue weighted by Gasteiger charge is -2.14. The zero-order valence-electron chi connectivity index (χ0n) is 12.8. The Balaban J connectivity index is 1.77. The Kier molecular flexibility index (Phi) is 3.31. The number of aryl methyl sites for hydroxylation is 2. The lowest BCUT2D eigenvalue weighted by molar-refractivity contribution is 0.549. The van der Waals surface area contributed by atoms with Crippen molar-refractivity contribution in [3.63, 3.8) is 0 Å². The van der Waals surface area contributed by atoms with Crippen molar-refractivity contribution < 1.29 is 0 Å². The lowest BCUT2D eigenvalue weighted by atomic mass is 9.94. The van der Waals surface area contributed by atoms with Crippen LogP contribution in [-0.4, -0.2) is 6.54 Å². The first-order valence-electron chi connectivity index (χ1n) is 8.34. The van der Waals surface area contributed by atoms with Crippen LogP contribution in [-0.2, 0) is 19.3 Å². The second-order valence-corrected chi connectivity index (χ2v) is 6.36. The molecule has 1 nitrogen and oxygen atoms in total. The quantitative estimate of drug-likeness (QED) is 0.874. The highest BCUT2D eigenvalue weighted by Gasteiger charge is 2.24. The second kappa shape index (κ2) is 5.31. The molecule has 1 heteroatoms. The molecule has 2 aromatic carbocycles. The summed E-state index contributed by atoms with van der Waals surface area (Å²) >= 11 is 0. The zero-order chi connectivity index (χ0) is 14.2. The molecule has 0 aromatic heterocycles. The highest BCUT2D eigenvalue weighted by atomic mass is 14.9. The largest absolute Gasteiger partial charge is 0.310 e. The van der Waals surface area contributed by atoms with E-state index in [0.717, 1.165) is 6.54 Å². The molecule has 0 bridgehead atoms.